The molecule has 0 bridgehead atoms. The Balaban J connectivity index is 0.00000233. The molecule has 7 heteroatoms. The molecule has 0 heterocycles. The van der Waals surface area contributed by atoms with Gasteiger partial charge in [0.15, 0.2) is 6.35 Å². The monoisotopic (exact) mass is 460 g/mol. The Morgan fingerprint density at radius 3 is 2.06 bits per heavy atom. The lowest BCUT2D eigenvalue weighted by Gasteiger charge is -2.40. The Bertz CT molecular complexity index is 451. The normalized spacial score (nSPS) is 29.9. The van der Waals surface area contributed by atoms with Crippen LogP contribution in [0.5, 0.6) is 0 Å². The van der Waals surface area contributed by atoms with E-state index in [-0.39, 0.29) is 24.5 Å². The van der Waals surface area contributed by atoms with Crippen LogP contribution in [0, 0.1) is 17.8 Å². The van der Waals surface area contributed by atoms with Gasteiger partial charge in [0.25, 0.3) is 0 Å². The molecule has 2 aliphatic rings. The molecule has 6 nitrogen and oxygen atoms in total. The predicted octanol–water partition coefficient (Wildman–Crippen LogP) is 3.35. The van der Waals surface area contributed by atoms with E-state index in [4.69, 9.17) is 0 Å². The molecule has 0 amide bonds. The van der Waals surface area contributed by atoms with Crippen molar-refractivity contribution in [3.05, 3.63) is 0 Å². The highest BCUT2D eigenvalue weighted by Gasteiger charge is 2.34. The molecule has 2 rings (SSSR count). The maximum Gasteiger partial charge on any atom is 0.161 e. The van der Waals surface area contributed by atoms with Gasteiger partial charge in [0.1, 0.15) is 0 Å². The summed E-state index contributed by atoms with van der Waals surface area (Å²) in [5, 5.41) is 34.7. The molecule has 186 valence electrons. The second-order valence-corrected chi connectivity index (χ2v) is 10.6. The van der Waals surface area contributed by atoms with Crippen molar-refractivity contribution >= 4 is 9.24 Å². The Morgan fingerprint density at radius 2 is 1.52 bits per heavy atom. The second kappa shape index (κ2) is 15.9. The van der Waals surface area contributed by atoms with E-state index in [0.717, 1.165) is 25.7 Å². The number of rotatable bonds is 11. The van der Waals surface area contributed by atoms with Crippen molar-refractivity contribution in [1.29, 1.82) is 0 Å². The van der Waals surface area contributed by atoms with Crippen molar-refractivity contribution < 1.29 is 10.2 Å². The summed E-state index contributed by atoms with van der Waals surface area (Å²) in [6.07, 6.45) is 9.62. The summed E-state index contributed by atoms with van der Waals surface area (Å²) >= 11 is 0. The van der Waals surface area contributed by atoms with E-state index in [0.29, 0.717) is 23.4 Å². The SMILES string of the molecule is CC.CCC(O)C1CC(NC(O)NC(C)NC(NC)C2CCCCC2)CC(C(C)P)C1. The van der Waals surface area contributed by atoms with E-state index < -0.39 is 6.35 Å². The van der Waals surface area contributed by atoms with Gasteiger partial charge in [-0.05, 0) is 75.9 Å². The first-order valence-corrected chi connectivity index (χ1v) is 13.6. The number of aliphatic hydroxyl groups excluding tert-OH is 2. The molecule has 9 atom stereocenters. The van der Waals surface area contributed by atoms with Gasteiger partial charge in [-0.25, -0.2) is 0 Å². The largest absolute Gasteiger partial charge is 0.393 e. The average Bonchev–Trinajstić information content (AvgIpc) is 2.78. The van der Waals surface area contributed by atoms with Gasteiger partial charge in [-0.1, -0.05) is 47.0 Å². The van der Waals surface area contributed by atoms with Crippen LogP contribution >= 0.6 is 9.24 Å². The minimum absolute atomic E-state index is 0.00560. The topological polar surface area (TPSA) is 88.6 Å². The van der Waals surface area contributed by atoms with E-state index in [2.05, 4.69) is 51.3 Å². The van der Waals surface area contributed by atoms with E-state index in [1.54, 1.807) is 0 Å². The van der Waals surface area contributed by atoms with Crippen molar-refractivity contribution in [2.24, 2.45) is 17.8 Å². The van der Waals surface area contributed by atoms with Crippen molar-refractivity contribution in [2.75, 3.05) is 7.05 Å². The predicted molar refractivity (Wildman–Crippen MR) is 136 cm³/mol. The molecule has 0 saturated heterocycles. The van der Waals surface area contributed by atoms with Gasteiger partial charge in [-0.2, -0.15) is 0 Å². The summed E-state index contributed by atoms with van der Waals surface area (Å²) in [7, 11) is 4.93. The van der Waals surface area contributed by atoms with Crippen LogP contribution in [0.3, 0.4) is 0 Å². The highest BCUT2D eigenvalue weighted by atomic mass is 31.0. The van der Waals surface area contributed by atoms with Gasteiger partial charge < -0.3 is 15.5 Å². The zero-order valence-electron chi connectivity index (χ0n) is 21.0. The molecule has 2 aliphatic carbocycles. The number of hydrogen-bond acceptors (Lipinski definition) is 6. The van der Waals surface area contributed by atoms with Gasteiger partial charge in [0, 0.05) is 6.04 Å². The van der Waals surface area contributed by atoms with Crippen LogP contribution in [0.2, 0.25) is 0 Å². The van der Waals surface area contributed by atoms with Crippen LogP contribution in [-0.2, 0) is 0 Å². The summed E-state index contributed by atoms with van der Waals surface area (Å²) in [5.41, 5.74) is 0.517. The average molecular weight is 461 g/mol. The molecule has 0 spiro atoms. The lowest BCUT2D eigenvalue weighted by molar-refractivity contribution is 0.0228. The third kappa shape index (κ3) is 10.3. The molecular formula is C24H53N4O2P. The second-order valence-electron chi connectivity index (χ2n) is 9.55. The summed E-state index contributed by atoms with van der Waals surface area (Å²) < 4.78 is 0. The summed E-state index contributed by atoms with van der Waals surface area (Å²) in [4.78, 5) is 0. The Kier molecular flexibility index (Phi) is 15.0. The van der Waals surface area contributed by atoms with Crippen LogP contribution < -0.4 is 21.3 Å². The van der Waals surface area contributed by atoms with E-state index in [9.17, 15) is 10.2 Å². The van der Waals surface area contributed by atoms with Gasteiger partial charge in [-0.15, -0.1) is 9.24 Å². The molecule has 0 aromatic carbocycles. The highest BCUT2D eigenvalue weighted by Crippen LogP contribution is 2.36. The standard InChI is InChI=1S/C22H47N4O2P.C2H6/c1-5-20(27)18-11-17(14(2)29)12-19(13-18)26-22(28)25-15(3)24-21(23-4)16-9-7-6-8-10-16;1-2/h14-28H,5-13,29H2,1-4H3;1-2H3. The van der Waals surface area contributed by atoms with E-state index in [1.165, 1.54) is 32.1 Å². The minimum atomic E-state index is -0.760. The molecule has 0 radical (unpaired) electrons. The lowest BCUT2D eigenvalue weighted by atomic mass is 9.74. The summed E-state index contributed by atoms with van der Waals surface area (Å²) in [6, 6.07) is 0.219. The molecule has 0 aromatic rings. The Hall–Kier alpha value is 0.190. The first-order chi connectivity index (χ1) is 14.8. The fourth-order valence-corrected chi connectivity index (χ4v) is 5.68. The first-order valence-electron chi connectivity index (χ1n) is 12.9. The number of hydrogen-bond donors (Lipinski definition) is 6. The van der Waals surface area contributed by atoms with Crippen molar-refractivity contribution in [1.82, 2.24) is 21.3 Å². The van der Waals surface area contributed by atoms with Crippen LogP contribution in [0.4, 0.5) is 0 Å². The van der Waals surface area contributed by atoms with Crippen LogP contribution in [0.25, 0.3) is 0 Å². The molecule has 6 N–H and O–H groups in total. The molecule has 31 heavy (non-hydrogen) atoms. The van der Waals surface area contributed by atoms with E-state index in [1.807, 2.05) is 20.9 Å². The Morgan fingerprint density at radius 1 is 0.903 bits per heavy atom. The minimum Gasteiger partial charge on any atom is -0.393 e. The van der Waals surface area contributed by atoms with Gasteiger partial charge >= 0.3 is 0 Å². The highest BCUT2D eigenvalue weighted by molar-refractivity contribution is 7.17. The fraction of sp³-hybridized carbons (Fsp3) is 1.00. The molecule has 2 fully saturated rings. The third-order valence-electron chi connectivity index (χ3n) is 7.15. The molecule has 9 unspecified atom stereocenters. The Labute approximate surface area is 194 Å². The fourth-order valence-electron chi connectivity index (χ4n) is 5.37. The lowest BCUT2D eigenvalue weighted by Crippen LogP contribution is -2.60. The zero-order valence-corrected chi connectivity index (χ0v) is 22.2. The first kappa shape index (κ1) is 29.2. The van der Waals surface area contributed by atoms with Crippen LogP contribution in [0.15, 0.2) is 0 Å². The molecule has 0 aromatic heterocycles. The number of nitrogens with one attached hydrogen (secondary N) is 4. The maximum absolute atomic E-state index is 10.6. The third-order valence-corrected chi connectivity index (χ3v) is 7.69. The summed E-state index contributed by atoms with van der Waals surface area (Å²) in [5.74, 6) is 1.52. The van der Waals surface area contributed by atoms with Crippen LogP contribution in [-0.4, -0.2) is 53.7 Å². The molecular weight excluding hydrogens is 407 g/mol. The van der Waals surface area contributed by atoms with Gasteiger partial charge in [0.2, 0.25) is 0 Å². The molecule has 0 aliphatic heterocycles. The summed E-state index contributed by atoms with van der Waals surface area (Å²) in [6.45, 7) is 10.3. The van der Waals surface area contributed by atoms with Crippen molar-refractivity contribution in [2.45, 2.75) is 129 Å². The van der Waals surface area contributed by atoms with Crippen LogP contribution in [0.1, 0.15) is 92.4 Å². The van der Waals surface area contributed by atoms with Gasteiger partial charge in [0.05, 0.1) is 18.4 Å². The quantitative estimate of drug-likeness (QED) is 0.209. The maximum atomic E-state index is 10.6. The molecule has 2 saturated carbocycles. The van der Waals surface area contributed by atoms with E-state index >= 15 is 0 Å². The van der Waals surface area contributed by atoms with Crippen molar-refractivity contribution in [3.63, 3.8) is 0 Å². The zero-order chi connectivity index (χ0) is 23.4. The van der Waals surface area contributed by atoms with Gasteiger partial charge in [-0.3, -0.25) is 16.0 Å². The van der Waals surface area contributed by atoms with Crippen molar-refractivity contribution in [3.8, 4) is 0 Å². The number of aliphatic hydroxyl groups is 2. The smallest absolute Gasteiger partial charge is 0.161 e.